The Hall–Kier alpha value is -1.45. The second-order valence-corrected chi connectivity index (χ2v) is 5.69. The van der Waals surface area contributed by atoms with E-state index in [1.54, 1.807) is 13.8 Å². The van der Waals surface area contributed by atoms with E-state index in [2.05, 4.69) is 0 Å². The maximum atomic E-state index is 12.4. The molecular formula is C16H18O3. The van der Waals surface area contributed by atoms with Crippen LogP contribution >= 0.6 is 0 Å². The monoisotopic (exact) mass is 258 g/mol. The van der Waals surface area contributed by atoms with Gasteiger partial charge in [0.15, 0.2) is 11.4 Å². The Balaban J connectivity index is 2.03. The number of carbonyl (C=O) groups excluding carboxylic acids is 1. The number of carbonyl (C=O) groups is 1. The number of ether oxygens (including phenoxy) is 1. The predicted octanol–water partition coefficient (Wildman–Crippen LogP) is 2.56. The highest BCUT2D eigenvalue weighted by atomic mass is 16.5. The van der Waals surface area contributed by atoms with E-state index >= 15 is 0 Å². The van der Waals surface area contributed by atoms with Gasteiger partial charge in [-0.05, 0) is 37.5 Å². The molecule has 1 N–H and O–H groups in total. The maximum absolute atomic E-state index is 12.4. The fourth-order valence-corrected chi connectivity index (χ4v) is 3.33. The largest absolute Gasteiger partial charge is 0.382 e. The molecule has 3 heteroatoms. The van der Waals surface area contributed by atoms with Crippen LogP contribution in [0.2, 0.25) is 0 Å². The van der Waals surface area contributed by atoms with E-state index in [4.69, 9.17) is 4.74 Å². The minimum absolute atomic E-state index is 0.0917. The third kappa shape index (κ3) is 1.43. The van der Waals surface area contributed by atoms with Crippen LogP contribution < -0.4 is 0 Å². The highest BCUT2D eigenvalue weighted by molar-refractivity contribution is 6.07. The molecule has 1 unspecified atom stereocenters. The molecule has 0 radical (unpaired) electrons. The van der Waals surface area contributed by atoms with Gasteiger partial charge in [0.1, 0.15) is 5.60 Å². The predicted molar refractivity (Wildman–Crippen MR) is 71.6 cm³/mol. The maximum Gasteiger partial charge on any atom is 0.193 e. The van der Waals surface area contributed by atoms with Gasteiger partial charge in [-0.15, -0.1) is 0 Å². The quantitative estimate of drug-likeness (QED) is 0.842. The highest BCUT2D eigenvalue weighted by Gasteiger charge is 2.65. The lowest BCUT2D eigenvalue weighted by Crippen LogP contribution is -2.50. The Kier molecular flexibility index (Phi) is 2.50. The van der Waals surface area contributed by atoms with Gasteiger partial charge in [0.25, 0.3) is 0 Å². The molecule has 0 amide bonds. The summed E-state index contributed by atoms with van der Waals surface area (Å²) in [5.74, 6) is -0.0917. The van der Waals surface area contributed by atoms with Gasteiger partial charge in [0, 0.05) is 6.42 Å². The Morgan fingerprint density at radius 2 is 1.89 bits per heavy atom. The average molecular weight is 258 g/mol. The molecule has 2 aliphatic rings. The molecule has 100 valence electrons. The number of rotatable bonds is 1. The third-order valence-electron chi connectivity index (χ3n) is 4.78. The van der Waals surface area contributed by atoms with Crippen LogP contribution in [0.5, 0.6) is 0 Å². The summed E-state index contributed by atoms with van der Waals surface area (Å²) in [6, 6.07) is 9.75. The van der Waals surface area contributed by atoms with Crippen molar-refractivity contribution in [1.29, 1.82) is 0 Å². The summed E-state index contributed by atoms with van der Waals surface area (Å²) in [4.78, 5) is 12.4. The first-order valence-corrected chi connectivity index (χ1v) is 6.58. The first-order valence-electron chi connectivity index (χ1n) is 6.58. The fourth-order valence-electron chi connectivity index (χ4n) is 3.33. The van der Waals surface area contributed by atoms with E-state index in [-0.39, 0.29) is 11.9 Å². The molecule has 1 fully saturated rings. The molecule has 19 heavy (non-hydrogen) atoms. The average Bonchev–Trinajstić information content (AvgIpc) is 2.76. The summed E-state index contributed by atoms with van der Waals surface area (Å²) in [7, 11) is 0. The second kappa shape index (κ2) is 3.78. The van der Waals surface area contributed by atoms with Crippen LogP contribution in [0.1, 0.15) is 38.9 Å². The van der Waals surface area contributed by atoms with Crippen molar-refractivity contribution in [3.05, 3.63) is 47.0 Å². The molecular weight excluding hydrogens is 240 g/mol. The van der Waals surface area contributed by atoms with Gasteiger partial charge in [-0.1, -0.05) is 30.3 Å². The molecule has 0 aromatic heterocycles. The van der Waals surface area contributed by atoms with E-state index in [1.807, 2.05) is 37.3 Å². The van der Waals surface area contributed by atoms with Gasteiger partial charge in [0.2, 0.25) is 0 Å². The lowest BCUT2D eigenvalue weighted by molar-refractivity contribution is -0.148. The first-order chi connectivity index (χ1) is 8.90. The first kappa shape index (κ1) is 12.6. The molecule has 3 atom stereocenters. The molecule has 0 bridgehead atoms. The number of benzene rings is 1. The summed E-state index contributed by atoms with van der Waals surface area (Å²) in [5.41, 5.74) is 0.0795. The van der Waals surface area contributed by atoms with Gasteiger partial charge in [-0.25, -0.2) is 0 Å². The van der Waals surface area contributed by atoms with Crippen molar-refractivity contribution in [1.82, 2.24) is 0 Å². The van der Waals surface area contributed by atoms with Crippen molar-refractivity contribution in [2.75, 3.05) is 0 Å². The van der Waals surface area contributed by atoms with Crippen LogP contribution in [0.15, 0.2) is 41.5 Å². The van der Waals surface area contributed by atoms with Crippen molar-refractivity contribution in [2.45, 2.75) is 44.5 Å². The lowest BCUT2D eigenvalue weighted by atomic mass is 9.81. The van der Waals surface area contributed by atoms with Crippen LogP contribution in [0.25, 0.3) is 0 Å². The van der Waals surface area contributed by atoms with Gasteiger partial charge < -0.3 is 9.84 Å². The highest BCUT2D eigenvalue weighted by Crippen LogP contribution is 2.55. The van der Waals surface area contributed by atoms with Gasteiger partial charge >= 0.3 is 0 Å². The van der Waals surface area contributed by atoms with Crippen LogP contribution in [-0.4, -0.2) is 22.1 Å². The molecule has 1 saturated heterocycles. The summed E-state index contributed by atoms with van der Waals surface area (Å²) in [5, 5.41) is 10.9. The van der Waals surface area contributed by atoms with Crippen LogP contribution in [0.4, 0.5) is 0 Å². The fraction of sp³-hybridized carbons (Fsp3) is 0.438. The van der Waals surface area contributed by atoms with Gasteiger partial charge in [-0.3, -0.25) is 4.79 Å². The number of Topliss-reactive ketones (excluding diaryl/α,β-unsaturated/α-hetero) is 1. The summed E-state index contributed by atoms with van der Waals surface area (Å²) in [6.45, 7) is 5.30. The second-order valence-electron chi connectivity index (χ2n) is 5.69. The van der Waals surface area contributed by atoms with Crippen LogP contribution in [0, 0.1) is 0 Å². The molecule has 0 saturated carbocycles. The molecule has 3 nitrogen and oxygen atoms in total. The van der Waals surface area contributed by atoms with Gasteiger partial charge in [-0.2, -0.15) is 0 Å². The van der Waals surface area contributed by atoms with Crippen molar-refractivity contribution < 1.29 is 14.6 Å². The zero-order valence-electron chi connectivity index (χ0n) is 11.4. The van der Waals surface area contributed by atoms with E-state index in [1.165, 1.54) is 0 Å². The molecule has 0 spiro atoms. The number of hydrogen-bond donors (Lipinski definition) is 1. The minimum atomic E-state index is -1.17. The van der Waals surface area contributed by atoms with E-state index < -0.39 is 11.2 Å². The number of aliphatic hydroxyl groups is 1. The standard InChI is InChI=1S/C16H18O3/c1-10-11(2)16(18)9-13(12-7-5-4-6-8-12)19-15(16,3)14(10)17/h4-8,13,18H,9H2,1-3H3/t13?,15-,16-/m0/s1. The van der Waals surface area contributed by atoms with Crippen LogP contribution in [-0.2, 0) is 9.53 Å². The Labute approximate surface area is 112 Å². The smallest absolute Gasteiger partial charge is 0.193 e. The van der Waals surface area contributed by atoms with E-state index in [9.17, 15) is 9.90 Å². The number of hydrogen-bond acceptors (Lipinski definition) is 3. The third-order valence-corrected chi connectivity index (χ3v) is 4.78. The zero-order chi connectivity index (χ0) is 13.8. The topological polar surface area (TPSA) is 46.5 Å². The number of ketones is 1. The number of fused-ring (bicyclic) bond motifs is 1. The van der Waals surface area contributed by atoms with Gasteiger partial charge in [0.05, 0.1) is 6.10 Å². The van der Waals surface area contributed by atoms with E-state index in [0.717, 1.165) is 11.1 Å². The Bertz CT molecular complexity index is 575. The molecule has 1 aromatic rings. The summed E-state index contributed by atoms with van der Waals surface area (Å²) >= 11 is 0. The SMILES string of the molecule is CC1=C(C)[C@@]2(O)CC(c3ccccc3)O[C@@]2(C)C1=O. The summed E-state index contributed by atoms with van der Waals surface area (Å²) < 4.78 is 5.97. The molecule has 1 heterocycles. The summed E-state index contributed by atoms with van der Waals surface area (Å²) in [6.07, 6.45) is 0.200. The van der Waals surface area contributed by atoms with Crippen molar-refractivity contribution in [3.8, 4) is 0 Å². The molecule has 1 aliphatic carbocycles. The van der Waals surface area contributed by atoms with Crippen molar-refractivity contribution >= 4 is 5.78 Å². The minimum Gasteiger partial charge on any atom is -0.382 e. The molecule has 1 aromatic carbocycles. The van der Waals surface area contributed by atoms with Crippen molar-refractivity contribution in [2.24, 2.45) is 0 Å². The van der Waals surface area contributed by atoms with E-state index in [0.29, 0.717) is 12.0 Å². The normalized spacial score (nSPS) is 37.9. The van der Waals surface area contributed by atoms with Crippen LogP contribution in [0.3, 0.4) is 0 Å². The Morgan fingerprint density at radius 3 is 2.47 bits per heavy atom. The zero-order valence-corrected chi connectivity index (χ0v) is 11.4. The molecule has 3 rings (SSSR count). The lowest BCUT2D eigenvalue weighted by Gasteiger charge is -2.31. The molecule has 1 aliphatic heterocycles. The van der Waals surface area contributed by atoms with Crippen molar-refractivity contribution in [3.63, 3.8) is 0 Å². The Morgan fingerprint density at radius 1 is 1.26 bits per heavy atom.